The Balaban J connectivity index is 1.63. The van der Waals surface area contributed by atoms with Gasteiger partial charge in [0.25, 0.3) is 5.91 Å². The third kappa shape index (κ3) is 4.27. The van der Waals surface area contributed by atoms with Crippen molar-refractivity contribution in [2.45, 2.75) is 0 Å². The predicted octanol–water partition coefficient (Wildman–Crippen LogP) is 4.47. The first-order valence-corrected chi connectivity index (χ1v) is 8.07. The summed E-state index contributed by atoms with van der Waals surface area (Å²) in [6, 6.07) is 23.6. The average molecular weight is 346 g/mol. The maximum atomic E-state index is 12.3. The number of benzene rings is 3. The smallest absolute Gasteiger partial charge is 0.337 e. The molecule has 3 aromatic rings. The molecule has 0 atom stereocenters. The summed E-state index contributed by atoms with van der Waals surface area (Å²) in [6.07, 6.45) is 0. The molecule has 0 heterocycles. The topological polar surface area (TPSA) is 67.4 Å². The lowest BCUT2D eigenvalue weighted by molar-refractivity contribution is 0.0600. The number of amides is 1. The number of hydrogen-bond donors (Lipinski definition) is 2. The second-order valence-electron chi connectivity index (χ2n) is 5.59. The lowest BCUT2D eigenvalue weighted by Crippen LogP contribution is -2.12. The van der Waals surface area contributed by atoms with Gasteiger partial charge in [0.2, 0.25) is 0 Å². The first-order valence-electron chi connectivity index (χ1n) is 8.07. The predicted molar refractivity (Wildman–Crippen MR) is 102 cm³/mol. The van der Waals surface area contributed by atoms with Crippen molar-refractivity contribution in [3.05, 3.63) is 90.0 Å². The number of methoxy groups -OCH3 is 1. The van der Waals surface area contributed by atoms with Crippen LogP contribution in [0.15, 0.2) is 78.9 Å². The van der Waals surface area contributed by atoms with Gasteiger partial charge >= 0.3 is 5.97 Å². The zero-order valence-electron chi connectivity index (χ0n) is 14.2. The first kappa shape index (κ1) is 17.2. The molecule has 0 saturated carbocycles. The minimum absolute atomic E-state index is 0.245. The van der Waals surface area contributed by atoms with Crippen LogP contribution in [0.5, 0.6) is 0 Å². The van der Waals surface area contributed by atoms with Crippen LogP contribution in [0.1, 0.15) is 20.7 Å². The molecule has 2 N–H and O–H groups in total. The molecule has 0 saturated heterocycles. The van der Waals surface area contributed by atoms with Crippen molar-refractivity contribution in [1.29, 1.82) is 0 Å². The van der Waals surface area contributed by atoms with Crippen molar-refractivity contribution in [2.75, 3.05) is 17.7 Å². The molecule has 0 bridgehead atoms. The minimum Gasteiger partial charge on any atom is -0.465 e. The Morgan fingerprint density at radius 2 is 1.23 bits per heavy atom. The summed E-state index contributed by atoms with van der Waals surface area (Å²) in [5, 5.41) is 6.11. The summed E-state index contributed by atoms with van der Waals surface area (Å²) >= 11 is 0. The van der Waals surface area contributed by atoms with Crippen LogP contribution in [0.3, 0.4) is 0 Å². The van der Waals surface area contributed by atoms with Crippen molar-refractivity contribution in [3.63, 3.8) is 0 Å². The van der Waals surface area contributed by atoms with E-state index in [2.05, 4.69) is 15.4 Å². The Morgan fingerprint density at radius 3 is 1.85 bits per heavy atom. The van der Waals surface area contributed by atoms with Crippen molar-refractivity contribution in [3.8, 4) is 0 Å². The van der Waals surface area contributed by atoms with Crippen molar-refractivity contribution < 1.29 is 14.3 Å². The van der Waals surface area contributed by atoms with E-state index in [1.54, 1.807) is 24.3 Å². The van der Waals surface area contributed by atoms with Crippen LogP contribution < -0.4 is 10.6 Å². The second-order valence-corrected chi connectivity index (χ2v) is 5.59. The van der Waals surface area contributed by atoms with E-state index in [1.807, 2.05) is 54.6 Å². The van der Waals surface area contributed by atoms with Gasteiger partial charge in [-0.2, -0.15) is 0 Å². The highest BCUT2D eigenvalue weighted by molar-refractivity contribution is 6.04. The van der Waals surface area contributed by atoms with Crippen molar-refractivity contribution in [2.24, 2.45) is 0 Å². The van der Waals surface area contributed by atoms with Crippen LogP contribution in [-0.4, -0.2) is 19.0 Å². The van der Waals surface area contributed by atoms with Gasteiger partial charge in [-0.25, -0.2) is 4.79 Å². The molecule has 0 aliphatic rings. The lowest BCUT2D eigenvalue weighted by atomic mass is 10.1. The summed E-state index contributed by atoms with van der Waals surface area (Å²) in [5.74, 6) is -0.677. The van der Waals surface area contributed by atoms with Gasteiger partial charge in [-0.1, -0.05) is 18.2 Å². The average Bonchev–Trinajstić information content (AvgIpc) is 2.70. The molecule has 3 rings (SSSR count). The maximum Gasteiger partial charge on any atom is 0.337 e. The van der Waals surface area contributed by atoms with Gasteiger partial charge in [-0.05, 0) is 60.7 Å². The van der Waals surface area contributed by atoms with E-state index in [4.69, 9.17) is 0 Å². The fourth-order valence-corrected chi connectivity index (χ4v) is 2.40. The summed E-state index contributed by atoms with van der Waals surface area (Å²) < 4.78 is 4.64. The molecule has 5 heteroatoms. The van der Waals surface area contributed by atoms with Crippen LogP contribution in [0.4, 0.5) is 17.1 Å². The van der Waals surface area contributed by atoms with E-state index in [0.717, 1.165) is 11.4 Å². The second kappa shape index (κ2) is 7.98. The zero-order chi connectivity index (χ0) is 18.4. The Morgan fingerprint density at radius 1 is 0.692 bits per heavy atom. The van der Waals surface area contributed by atoms with E-state index in [1.165, 1.54) is 7.11 Å². The number of anilines is 3. The van der Waals surface area contributed by atoms with E-state index < -0.39 is 5.97 Å². The Labute approximate surface area is 151 Å². The highest BCUT2D eigenvalue weighted by Gasteiger charge is 2.09. The van der Waals surface area contributed by atoms with Crippen LogP contribution in [0, 0.1) is 0 Å². The number of carbonyl (C=O) groups excluding carboxylic acids is 2. The molecule has 0 aliphatic heterocycles. The highest BCUT2D eigenvalue weighted by atomic mass is 16.5. The monoisotopic (exact) mass is 346 g/mol. The third-order valence-corrected chi connectivity index (χ3v) is 3.77. The van der Waals surface area contributed by atoms with Gasteiger partial charge in [-0.3, -0.25) is 4.79 Å². The molecule has 0 aromatic heterocycles. The number of nitrogens with one attached hydrogen (secondary N) is 2. The van der Waals surface area contributed by atoms with Crippen molar-refractivity contribution in [1.82, 2.24) is 0 Å². The van der Waals surface area contributed by atoms with Crippen LogP contribution in [0.25, 0.3) is 0 Å². The molecule has 3 aromatic carbocycles. The van der Waals surface area contributed by atoms with Crippen LogP contribution in [0.2, 0.25) is 0 Å². The first-order chi connectivity index (χ1) is 12.7. The molecule has 0 unspecified atom stereocenters. The SMILES string of the molecule is COC(=O)c1ccc(C(=O)Nc2ccc(Nc3ccccc3)cc2)cc1. The quantitative estimate of drug-likeness (QED) is 0.669. The molecular formula is C21H18N2O3. The summed E-state index contributed by atoms with van der Waals surface area (Å²) in [6.45, 7) is 0. The number of hydrogen-bond acceptors (Lipinski definition) is 4. The minimum atomic E-state index is -0.432. The van der Waals surface area contributed by atoms with Gasteiger partial charge < -0.3 is 15.4 Å². The Hall–Kier alpha value is -3.60. The Kier molecular flexibility index (Phi) is 5.29. The lowest BCUT2D eigenvalue weighted by Gasteiger charge is -2.09. The van der Waals surface area contributed by atoms with Crippen LogP contribution in [-0.2, 0) is 4.74 Å². The maximum absolute atomic E-state index is 12.3. The molecule has 1 amide bonds. The van der Waals surface area contributed by atoms with Crippen LogP contribution >= 0.6 is 0 Å². The summed E-state index contributed by atoms with van der Waals surface area (Å²) in [5.41, 5.74) is 3.47. The largest absolute Gasteiger partial charge is 0.465 e. The normalized spacial score (nSPS) is 10.0. The van der Waals surface area contributed by atoms with E-state index in [9.17, 15) is 9.59 Å². The van der Waals surface area contributed by atoms with E-state index in [0.29, 0.717) is 16.8 Å². The van der Waals surface area contributed by atoms with Gasteiger partial charge in [0.1, 0.15) is 0 Å². The molecule has 26 heavy (non-hydrogen) atoms. The number of carbonyl (C=O) groups is 2. The fourth-order valence-electron chi connectivity index (χ4n) is 2.40. The number of ether oxygens (including phenoxy) is 1. The van der Waals surface area contributed by atoms with Gasteiger partial charge in [-0.15, -0.1) is 0 Å². The standard InChI is InChI=1S/C21H18N2O3/c1-26-21(25)16-9-7-15(8-10-16)20(24)23-19-13-11-18(12-14-19)22-17-5-3-2-4-6-17/h2-14,22H,1H3,(H,23,24). The molecule has 0 fully saturated rings. The fraction of sp³-hybridized carbons (Fsp3) is 0.0476. The summed E-state index contributed by atoms with van der Waals surface area (Å²) in [4.78, 5) is 23.7. The number of rotatable bonds is 5. The molecule has 0 radical (unpaired) electrons. The highest BCUT2D eigenvalue weighted by Crippen LogP contribution is 2.19. The van der Waals surface area contributed by atoms with Gasteiger partial charge in [0.05, 0.1) is 12.7 Å². The number of esters is 1. The van der Waals surface area contributed by atoms with Crippen molar-refractivity contribution >= 4 is 28.9 Å². The molecule has 0 aliphatic carbocycles. The zero-order valence-corrected chi connectivity index (χ0v) is 14.2. The molecule has 130 valence electrons. The van der Waals surface area contributed by atoms with Gasteiger partial charge in [0.15, 0.2) is 0 Å². The summed E-state index contributed by atoms with van der Waals surface area (Å²) in [7, 11) is 1.32. The van der Waals surface area contributed by atoms with Gasteiger partial charge in [0, 0.05) is 22.6 Å². The molecule has 5 nitrogen and oxygen atoms in total. The molecular weight excluding hydrogens is 328 g/mol. The van der Waals surface area contributed by atoms with E-state index in [-0.39, 0.29) is 5.91 Å². The number of para-hydroxylation sites is 1. The Bertz CT molecular complexity index is 889. The molecule has 0 spiro atoms. The third-order valence-electron chi connectivity index (χ3n) is 3.77. The van der Waals surface area contributed by atoms with E-state index >= 15 is 0 Å².